The van der Waals surface area contributed by atoms with Crippen LogP contribution in [0.1, 0.15) is 72.1 Å². The molecule has 1 aliphatic carbocycles. The van der Waals surface area contributed by atoms with Crippen molar-refractivity contribution < 1.29 is 14.3 Å². The molecule has 1 saturated carbocycles. The van der Waals surface area contributed by atoms with Gasteiger partial charge in [0.25, 0.3) is 0 Å². The molecule has 176 valence electrons. The highest BCUT2D eigenvalue weighted by Gasteiger charge is 2.30. The molecule has 2 N–H and O–H groups in total. The zero-order valence-corrected chi connectivity index (χ0v) is 19.8. The zero-order valence-electron chi connectivity index (χ0n) is 19.8. The van der Waals surface area contributed by atoms with Crippen LogP contribution in [0.25, 0.3) is 0 Å². The molecule has 0 aromatic carbocycles. The molecular formula is C25H43N3O3. The summed E-state index contributed by atoms with van der Waals surface area (Å²) in [4.78, 5) is 25.9. The first-order chi connectivity index (χ1) is 14.8. The van der Waals surface area contributed by atoms with E-state index >= 15 is 0 Å². The molecule has 0 bridgehead atoms. The molecule has 3 aliphatic rings. The van der Waals surface area contributed by atoms with Crippen molar-refractivity contribution in [3.05, 3.63) is 12.2 Å². The zero-order chi connectivity index (χ0) is 22.4. The monoisotopic (exact) mass is 433 g/mol. The van der Waals surface area contributed by atoms with Gasteiger partial charge < -0.3 is 10.1 Å². The van der Waals surface area contributed by atoms with Crippen molar-refractivity contribution in [1.82, 2.24) is 15.5 Å². The van der Waals surface area contributed by atoms with Gasteiger partial charge in [-0.1, -0.05) is 38.8 Å². The molecule has 3 fully saturated rings. The number of hydrogen-bond acceptors (Lipinski definition) is 5. The number of rotatable bonds is 11. The maximum Gasteiger partial charge on any atom is 0.243 e. The summed E-state index contributed by atoms with van der Waals surface area (Å²) in [6.07, 6.45) is 9.24. The molecule has 0 radical (unpaired) electrons. The van der Waals surface area contributed by atoms with Crippen LogP contribution in [0.2, 0.25) is 0 Å². The number of nitrogens with one attached hydrogen (secondary N) is 2. The largest absolute Gasteiger partial charge is 0.377 e. The van der Waals surface area contributed by atoms with Crippen LogP contribution in [0.3, 0.4) is 0 Å². The van der Waals surface area contributed by atoms with E-state index in [9.17, 15) is 9.59 Å². The lowest BCUT2D eigenvalue weighted by Crippen LogP contribution is -2.51. The molecule has 31 heavy (non-hydrogen) atoms. The van der Waals surface area contributed by atoms with Gasteiger partial charge in [0.05, 0.1) is 18.8 Å². The number of likely N-dealkylation sites (tertiary alicyclic amines) is 1. The molecular weight excluding hydrogens is 390 g/mol. The Labute approximate surface area is 188 Å². The SMILES string of the molecule is C=C(CNC1CCC(=O)NC1=O)C(C)[C@@H](C)[C@H](C)OC[C@H]1CCCCN1CC1CCC1. The molecule has 5 atom stereocenters. The van der Waals surface area contributed by atoms with Gasteiger partial charge in [0.2, 0.25) is 11.8 Å². The molecule has 3 rings (SSSR count). The Morgan fingerprint density at radius 2 is 1.94 bits per heavy atom. The number of amides is 2. The van der Waals surface area contributed by atoms with Gasteiger partial charge in [0.15, 0.2) is 0 Å². The number of imide groups is 1. The Bertz CT molecular complexity index is 634. The van der Waals surface area contributed by atoms with Gasteiger partial charge in [0, 0.05) is 25.6 Å². The van der Waals surface area contributed by atoms with Crippen LogP contribution in [-0.2, 0) is 14.3 Å². The van der Waals surface area contributed by atoms with Crippen molar-refractivity contribution in [2.45, 2.75) is 90.3 Å². The lowest BCUT2D eigenvalue weighted by atomic mass is 9.84. The fourth-order valence-corrected chi connectivity index (χ4v) is 4.99. The van der Waals surface area contributed by atoms with Crippen molar-refractivity contribution in [1.29, 1.82) is 0 Å². The Morgan fingerprint density at radius 3 is 2.61 bits per heavy atom. The predicted molar refractivity (Wildman–Crippen MR) is 124 cm³/mol. The number of nitrogens with zero attached hydrogens (tertiary/aromatic N) is 1. The van der Waals surface area contributed by atoms with Crippen LogP contribution in [0.4, 0.5) is 0 Å². The van der Waals surface area contributed by atoms with Gasteiger partial charge in [0.1, 0.15) is 0 Å². The molecule has 2 unspecified atom stereocenters. The van der Waals surface area contributed by atoms with Gasteiger partial charge in [-0.2, -0.15) is 0 Å². The summed E-state index contributed by atoms with van der Waals surface area (Å²) in [6.45, 7) is 14.8. The second kappa shape index (κ2) is 11.6. The Balaban J connectivity index is 1.40. The third-order valence-electron chi connectivity index (χ3n) is 8.01. The van der Waals surface area contributed by atoms with Crippen LogP contribution in [0.5, 0.6) is 0 Å². The predicted octanol–water partition coefficient (Wildman–Crippen LogP) is 3.27. The summed E-state index contributed by atoms with van der Waals surface area (Å²) < 4.78 is 6.40. The summed E-state index contributed by atoms with van der Waals surface area (Å²) >= 11 is 0. The maximum absolute atomic E-state index is 11.9. The fraction of sp³-hybridized carbons (Fsp3) is 0.840. The number of carbonyl (C=O) groups excluding carboxylic acids is 2. The topological polar surface area (TPSA) is 70.7 Å². The van der Waals surface area contributed by atoms with Gasteiger partial charge in [-0.05, 0) is 63.3 Å². The number of ether oxygens (including phenoxy) is 1. The Kier molecular flexibility index (Phi) is 9.11. The van der Waals surface area contributed by atoms with Gasteiger partial charge in [-0.3, -0.25) is 19.8 Å². The fourth-order valence-electron chi connectivity index (χ4n) is 4.99. The lowest BCUT2D eigenvalue weighted by Gasteiger charge is -2.40. The van der Waals surface area contributed by atoms with Crippen LogP contribution in [0.15, 0.2) is 12.2 Å². The first-order valence-corrected chi connectivity index (χ1v) is 12.5. The molecule has 2 amide bonds. The van der Waals surface area contributed by atoms with Crippen molar-refractivity contribution in [3.8, 4) is 0 Å². The highest BCUT2D eigenvalue weighted by Crippen LogP contribution is 2.30. The summed E-state index contributed by atoms with van der Waals surface area (Å²) in [5.74, 6) is 1.14. The second-order valence-corrected chi connectivity index (χ2v) is 10.2. The number of piperidine rings is 2. The summed E-state index contributed by atoms with van der Waals surface area (Å²) in [7, 11) is 0. The van der Waals surface area contributed by atoms with Gasteiger partial charge in [-0.15, -0.1) is 0 Å². The van der Waals surface area contributed by atoms with Crippen LogP contribution in [0, 0.1) is 17.8 Å². The lowest BCUT2D eigenvalue weighted by molar-refractivity contribution is -0.134. The van der Waals surface area contributed by atoms with E-state index in [1.807, 2.05) is 0 Å². The molecule has 2 heterocycles. The highest BCUT2D eigenvalue weighted by molar-refractivity contribution is 6.00. The van der Waals surface area contributed by atoms with E-state index in [1.165, 1.54) is 51.6 Å². The molecule has 6 nitrogen and oxygen atoms in total. The molecule has 2 aliphatic heterocycles. The minimum Gasteiger partial charge on any atom is -0.377 e. The van der Waals surface area contributed by atoms with Crippen molar-refractivity contribution in [2.75, 3.05) is 26.2 Å². The maximum atomic E-state index is 11.9. The molecule has 2 saturated heterocycles. The smallest absolute Gasteiger partial charge is 0.243 e. The quantitative estimate of drug-likeness (QED) is 0.387. The molecule has 6 heteroatoms. The van der Waals surface area contributed by atoms with E-state index in [-0.39, 0.29) is 29.9 Å². The van der Waals surface area contributed by atoms with E-state index in [4.69, 9.17) is 4.74 Å². The van der Waals surface area contributed by atoms with Crippen LogP contribution < -0.4 is 10.6 Å². The van der Waals surface area contributed by atoms with E-state index in [2.05, 4.69) is 42.9 Å². The Hall–Kier alpha value is -1.24. The summed E-state index contributed by atoms with van der Waals surface area (Å²) in [5.41, 5.74) is 1.08. The average Bonchev–Trinajstić information content (AvgIpc) is 2.73. The van der Waals surface area contributed by atoms with Gasteiger partial charge in [-0.25, -0.2) is 0 Å². The minimum atomic E-state index is -0.307. The third kappa shape index (κ3) is 6.87. The van der Waals surface area contributed by atoms with E-state index in [1.54, 1.807) is 0 Å². The van der Waals surface area contributed by atoms with Crippen molar-refractivity contribution >= 4 is 11.8 Å². The van der Waals surface area contributed by atoms with E-state index < -0.39 is 0 Å². The summed E-state index contributed by atoms with van der Waals surface area (Å²) in [6, 6.07) is 0.260. The first-order valence-electron chi connectivity index (χ1n) is 12.5. The first kappa shape index (κ1) is 24.4. The van der Waals surface area contributed by atoms with Crippen molar-refractivity contribution in [2.24, 2.45) is 17.8 Å². The minimum absolute atomic E-state index is 0.162. The molecule has 0 aromatic heterocycles. The van der Waals surface area contributed by atoms with Crippen LogP contribution >= 0.6 is 0 Å². The Morgan fingerprint density at radius 1 is 1.16 bits per heavy atom. The molecule has 0 aromatic rings. The average molecular weight is 434 g/mol. The summed E-state index contributed by atoms with van der Waals surface area (Å²) in [5, 5.41) is 5.67. The third-order valence-corrected chi connectivity index (χ3v) is 8.01. The van der Waals surface area contributed by atoms with Crippen molar-refractivity contribution in [3.63, 3.8) is 0 Å². The van der Waals surface area contributed by atoms with Crippen LogP contribution in [-0.4, -0.2) is 61.1 Å². The normalized spacial score (nSPS) is 28.5. The second-order valence-electron chi connectivity index (χ2n) is 10.2. The van der Waals surface area contributed by atoms with E-state index in [0.29, 0.717) is 31.3 Å². The van der Waals surface area contributed by atoms with Gasteiger partial charge >= 0.3 is 0 Å². The standard InChI is InChI=1S/C25H43N3O3/c1-17(14-26-23-11-12-24(29)27-25(23)30)18(2)19(3)20(4)31-16-22-10-5-6-13-28(22)15-21-8-7-9-21/h18-23,26H,1,5-16H2,2-4H3,(H,27,29,30)/t18?,19-,20+,22-,23?/m1/s1. The number of carbonyl (C=O) groups is 2. The highest BCUT2D eigenvalue weighted by atomic mass is 16.5. The van der Waals surface area contributed by atoms with E-state index in [0.717, 1.165) is 18.1 Å². The number of hydrogen-bond donors (Lipinski definition) is 2. The molecule has 0 spiro atoms.